The number of nitrogens with zero attached hydrogens (tertiary/aromatic N) is 3. The Morgan fingerprint density at radius 1 is 0.435 bits per heavy atom. The molecule has 4 aliphatic carbocycles. The second-order valence-corrected chi connectivity index (χ2v) is 20.6. The van der Waals surface area contributed by atoms with Crippen molar-refractivity contribution in [1.29, 1.82) is 0 Å². The van der Waals surface area contributed by atoms with E-state index in [1.807, 2.05) is 6.08 Å². The molecule has 15 rings (SSSR count). The molecule has 4 saturated carbocycles. The van der Waals surface area contributed by atoms with Crippen LogP contribution in [0.5, 0.6) is 0 Å². The molecule has 9 aromatic carbocycles. The van der Waals surface area contributed by atoms with Gasteiger partial charge in [0.05, 0.1) is 22.1 Å². The third kappa shape index (κ3) is 6.26. The zero-order chi connectivity index (χ0) is 45.8. The van der Waals surface area contributed by atoms with Gasteiger partial charge in [0.1, 0.15) is 0 Å². The van der Waals surface area contributed by atoms with Crippen molar-refractivity contribution in [3.8, 4) is 22.5 Å². The van der Waals surface area contributed by atoms with Crippen molar-refractivity contribution in [3.05, 3.63) is 241 Å². The molecule has 0 amide bonds. The molecule has 0 radical (unpaired) electrons. The minimum atomic E-state index is 0.262. The molecule has 2 unspecified atom stereocenters. The van der Waals surface area contributed by atoms with Gasteiger partial charge in [0.2, 0.25) is 0 Å². The van der Waals surface area contributed by atoms with Gasteiger partial charge < -0.3 is 14.0 Å². The zero-order valence-corrected chi connectivity index (χ0v) is 39.0. The van der Waals surface area contributed by atoms with Gasteiger partial charge in [-0.25, -0.2) is 0 Å². The first-order valence-electron chi connectivity index (χ1n) is 24.9. The Bertz CT molecular complexity index is 3770. The predicted octanol–water partition coefficient (Wildman–Crippen LogP) is 17.4. The second kappa shape index (κ2) is 15.3. The summed E-state index contributed by atoms with van der Waals surface area (Å²) in [5, 5.41) is 4.95. The van der Waals surface area contributed by atoms with Gasteiger partial charge in [0, 0.05) is 50.0 Å². The van der Waals surface area contributed by atoms with E-state index in [1.165, 1.54) is 104 Å². The summed E-state index contributed by atoms with van der Waals surface area (Å²) in [4.78, 5) is 2.43. The number of benzene rings is 9. The van der Waals surface area contributed by atoms with Crippen LogP contribution in [0.1, 0.15) is 54.4 Å². The van der Waals surface area contributed by atoms with Gasteiger partial charge in [-0.15, -0.1) is 0 Å². The van der Waals surface area contributed by atoms with E-state index in [-0.39, 0.29) is 5.41 Å². The van der Waals surface area contributed by atoms with Crippen molar-refractivity contribution in [1.82, 2.24) is 9.13 Å². The van der Waals surface area contributed by atoms with Crippen molar-refractivity contribution < 1.29 is 0 Å². The molecule has 3 heteroatoms. The van der Waals surface area contributed by atoms with E-state index in [0.29, 0.717) is 5.41 Å². The Morgan fingerprint density at radius 3 is 1.45 bits per heavy atom. The van der Waals surface area contributed by atoms with Gasteiger partial charge in [-0.2, -0.15) is 0 Å². The van der Waals surface area contributed by atoms with E-state index in [9.17, 15) is 0 Å². The maximum absolute atomic E-state index is 4.01. The molecular weight excluding hydrogens is 835 g/mol. The Labute approximate surface area is 404 Å². The standard InChI is InChI=1S/C66H53N3/c1-3-45-20-25-50(26-21-45)65-39-48-41-66(43-65,42-49(48)40-65)51-27-22-46(23-28-51)47-24-33-62-58(36-47)60-38-56(32-35-64(60)69(62)53-14-8-5-9-15-53)67(54-29-18-44(2)19-30-54)55-31-34-63-59(37-55)57-16-10-11-17-61(57)68(63)52-12-6-4-7-13-52/h3-38,48-49H,1,39-43H2,2H3. The Hall–Kier alpha value is -7.88. The molecule has 69 heavy (non-hydrogen) atoms. The van der Waals surface area contributed by atoms with Crippen molar-refractivity contribution in [2.24, 2.45) is 11.8 Å². The number of para-hydroxylation sites is 3. The highest BCUT2D eigenvalue weighted by atomic mass is 15.1. The maximum atomic E-state index is 4.01. The monoisotopic (exact) mass is 887 g/mol. The number of fused-ring (bicyclic) bond motifs is 6. The third-order valence-electron chi connectivity index (χ3n) is 16.8. The predicted molar refractivity (Wildman–Crippen MR) is 290 cm³/mol. The first kappa shape index (κ1) is 40.2. The summed E-state index contributed by atoms with van der Waals surface area (Å²) in [5.41, 5.74) is 19.1. The second-order valence-electron chi connectivity index (χ2n) is 20.6. The quantitative estimate of drug-likeness (QED) is 0.141. The summed E-state index contributed by atoms with van der Waals surface area (Å²) in [6.07, 6.45) is 8.59. The average molecular weight is 888 g/mol. The van der Waals surface area contributed by atoms with Crippen LogP contribution in [0, 0.1) is 18.8 Å². The molecule has 4 aliphatic rings. The Kier molecular flexibility index (Phi) is 8.93. The summed E-state index contributed by atoms with van der Waals surface area (Å²) in [5.74, 6) is 1.66. The summed E-state index contributed by atoms with van der Waals surface area (Å²) in [7, 11) is 0. The van der Waals surface area contributed by atoms with Crippen LogP contribution in [0.2, 0.25) is 0 Å². The van der Waals surface area contributed by atoms with E-state index in [0.717, 1.165) is 40.3 Å². The molecule has 4 fully saturated rings. The molecule has 11 aromatic rings. The van der Waals surface area contributed by atoms with Crippen LogP contribution < -0.4 is 4.90 Å². The molecule has 0 spiro atoms. The summed E-state index contributed by atoms with van der Waals surface area (Å²) in [6, 6.07) is 79.6. The fraction of sp³-hybridized carbons (Fsp3) is 0.152. The molecule has 2 heterocycles. The zero-order valence-electron chi connectivity index (χ0n) is 39.0. The first-order chi connectivity index (χ1) is 33.9. The van der Waals surface area contributed by atoms with Gasteiger partial charge >= 0.3 is 0 Å². The summed E-state index contributed by atoms with van der Waals surface area (Å²) in [6.45, 7) is 6.17. The summed E-state index contributed by atoms with van der Waals surface area (Å²) >= 11 is 0. The average Bonchev–Trinajstić information content (AvgIpc) is 4.08. The lowest BCUT2D eigenvalue weighted by atomic mass is 9.57. The smallest absolute Gasteiger partial charge is 0.0542 e. The molecule has 3 nitrogen and oxygen atoms in total. The minimum absolute atomic E-state index is 0.262. The number of hydrogen-bond donors (Lipinski definition) is 0. The normalized spacial score (nSPS) is 20.4. The van der Waals surface area contributed by atoms with Gasteiger partial charge in [-0.1, -0.05) is 140 Å². The first-order valence-corrected chi connectivity index (χ1v) is 24.9. The number of anilines is 3. The molecular formula is C66H53N3. The Balaban J connectivity index is 0.887. The van der Waals surface area contributed by atoms with Crippen molar-refractivity contribution >= 4 is 66.7 Å². The largest absolute Gasteiger partial charge is 0.310 e. The van der Waals surface area contributed by atoms with Gasteiger partial charge in [0.25, 0.3) is 0 Å². The van der Waals surface area contributed by atoms with E-state index in [4.69, 9.17) is 0 Å². The van der Waals surface area contributed by atoms with Crippen LogP contribution in [0.25, 0.3) is 72.2 Å². The van der Waals surface area contributed by atoms with Crippen LogP contribution in [0.3, 0.4) is 0 Å². The number of hydrogen-bond acceptors (Lipinski definition) is 1. The van der Waals surface area contributed by atoms with Crippen molar-refractivity contribution in [2.45, 2.75) is 49.9 Å². The van der Waals surface area contributed by atoms with Crippen molar-refractivity contribution in [2.75, 3.05) is 4.90 Å². The Morgan fingerprint density at radius 2 is 0.884 bits per heavy atom. The third-order valence-corrected chi connectivity index (χ3v) is 16.8. The van der Waals surface area contributed by atoms with Crippen molar-refractivity contribution in [3.63, 3.8) is 0 Å². The molecule has 0 saturated heterocycles. The summed E-state index contributed by atoms with van der Waals surface area (Å²) < 4.78 is 4.83. The molecule has 0 aliphatic heterocycles. The highest BCUT2D eigenvalue weighted by Crippen LogP contribution is 2.70. The maximum Gasteiger partial charge on any atom is 0.0542 e. The number of aromatic nitrogens is 2. The van der Waals surface area contributed by atoms with Crippen LogP contribution >= 0.6 is 0 Å². The topological polar surface area (TPSA) is 13.1 Å². The van der Waals surface area contributed by atoms with E-state index < -0.39 is 0 Å². The molecule has 4 bridgehead atoms. The highest BCUT2D eigenvalue weighted by molar-refractivity contribution is 6.13. The minimum Gasteiger partial charge on any atom is -0.310 e. The lowest BCUT2D eigenvalue weighted by Gasteiger charge is -2.47. The van der Waals surface area contributed by atoms with Gasteiger partial charge in [-0.3, -0.25) is 0 Å². The van der Waals surface area contributed by atoms with Gasteiger partial charge in [0.15, 0.2) is 0 Å². The van der Waals surface area contributed by atoms with E-state index in [1.54, 1.807) is 5.56 Å². The van der Waals surface area contributed by atoms with Crippen LogP contribution in [0.15, 0.2) is 219 Å². The lowest BCUT2D eigenvalue weighted by Crippen LogP contribution is -2.41. The SMILES string of the molecule is C=Cc1ccc(C23CC4CC(c5ccc(-c6ccc7c(c6)c6cc(N(c8ccc(C)cc8)c8ccc9c(c8)c8ccccc8n9-c8ccccc8)ccc6n7-c6ccccc6)cc5)(CC4C2)C3)cc1. The molecule has 0 N–H and O–H groups in total. The van der Waals surface area contributed by atoms with E-state index >= 15 is 0 Å². The van der Waals surface area contributed by atoms with Crippen LogP contribution in [0.4, 0.5) is 17.1 Å². The van der Waals surface area contributed by atoms with Crippen LogP contribution in [-0.4, -0.2) is 9.13 Å². The van der Waals surface area contributed by atoms with E-state index in [2.05, 4.69) is 240 Å². The highest BCUT2D eigenvalue weighted by Gasteiger charge is 2.63. The molecule has 332 valence electrons. The molecule has 2 aromatic heterocycles. The van der Waals surface area contributed by atoms with Crippen LogP contribution in [-0.2, 0) is 10.8 Å². The number of aryl methyl sites for hydroxylation is 1. The molecule has 2 atom stereocenters. The number of rotatable bonds is 9. The fourth-order valence-corrected chi connectivity index (χ4v) is 13.9. The van der Waals surface area contributed by atoms with Gasteiger partial charge in [-0.05, 0) is 181 Å². The lowest BCUT2D eigenvalue weighted by molar-refractivity contribution is 0.189. The fourth-order valence-electron chi connectivity index (χ4n) is 13.9.